The van der Waals surface area contributed by atoms with Crippen LogP contribution in [0.5, 0.6) is 11.5 Å². The number of anilines is 1. The SMILES string of the molecule is CCCOc1ccc(N2C(=NC(=O)CCC)S[C@@H]3CS(=O)(=O)C[C@@H]32)cc1OCCC. The highest BCUT2D eigenvalue weighted by atomic mass is 32.2. The van der Waals surface area contributed by atoms with E-state index in [0.717, 1.165) is 24.9 Å². The Labute approximate surface area is 183 Å². The number of carbonyl (C=O) groups excluding carboxylic acids is 1. The Balaban J connectivity index is 1.98. The molecule has 0 bridgehead atoms. The van der Waals surface area contributed by atoms with Crippen LogP contribution in [0.1, 0.15) is 46.5 Å². The maximum absolute atomic E-state index is 12.2. The molecule has 1 amide bonds. The molecule has 2 aliphatic heterocycles. The predicted octanol–water partition coefficient (Wildman–Crippen LogP) is 3.67. The van der Waals surface area contributed by atoms with Gasteiger partial charge in [-0.15, -0.1) is 0 Å². The minimum atomic E-state index is -3.11. The number of benzene rings is 1. The van der Waals surface area contributed by atoms with Gasteiger partial charge in [0.15, 0.2) is 26.5 Å². The molecule has 166 valence electrons. The standard InChI is InChI=1S/C21H30N2O5S2/c1-4-7-20(24)22-21-23(16-13-30(25,26)14-19(16)29-21)15-8-9-17(27-10-5-2)18(12-15)28-11-6-3/h8-9,12,16,19H,4-7,10-11,13-14H2,1-3H3/t16-,19+/m0/s1. The van der Waals surface area contributed by atoms with Crippen molar-refractivity contribution in [2.45, 2.75) is 57.7 Å². The van der Waals surface area contributed by atoms with E-state index in [2.05, 4.69) is 4.99 Å². The number of ether oxygens (including phenoxy) is 2. The molecular formula is C21H30N2O5S2. The molecule has 2 fully saturated rings. The van der Waals surface area contributed by atoms with Gasteiger partial charge >= 0.3 is 0 Å². The molecule has 3 rings (SSSR count). The van der Waals surface area contributed by atoms with E-state index >= 15 is 0 Å². The number of hydrogen-bond donors (Lipinski definition) is 0. The minimum absolute atomic E-state index is 0.0604. The fourth-order valence-electron chi connectivity index (χ4n) is 3.55. The second-order valence-corrected chi connectivity index (χ2v) is 10.9. The van der Waals surface area contributed by atoms with Crippen LogP contribution in [0.4, 0.5) is 5.69 Å². The molecule has 0 aromatic heterocycles. The van der Waals surface area contributed by atoms with Crippen LogP contribution in [-0.4, -0.2) is 55.5 Å². The van der Waals surface area contributed by atoms with Gasteiger partial charge in [-0.2, -0.15) is 4.99 Å². The highest BCUT2D eigenvalue weighted by molar-refractivity contribution is 8.16. The van der Waals surface area contributed by atoms with Gasteiger partial charge in [0, 0.05) is 23.4 Å². The van der Waals surface area contributed by atoms with Crippen molar-refractivity contribution < 1.29 is 22.7 Å². The number of aliphatic imine (C=N–C) groups is 1. The van der Waals surface area contributed by atoms with Crippen LogP contribution in [0.25, 0.3) is 0 Å². The Morgan fingerprint density at radius 1 is 1.10 bits per heavy atom. The Bertz CT molecular complexity index is 901. The number of hydrogen-bond acceptors (Lipinski definition) is 6. The number of nitrogens with zero attached hydrogens (tertiary/aromatic N) is 2. The molecule has 0 saturated carbocycles. The summed E-state index contributed by atoms with van der Waals surface area (Å²) in [4.78, 5) is 18.4. The summed E-state index contributed by atoms with van der Waals surface area (Å²) in [5.41, 5.74) is 0.769. The number of thioether (sulfide) groups is 1. The highest BCUT2D eigenvalue weighted by Gasteiger charge is 2.49. The number of sulfone groups is 1. The zero-order valence-electron chi connectivity index (χ0n) is 17.8. The van der Waals surface area contributed by atoms with E-state index in [0.29, 0.717) is 36.3 Å². The molecule has 0 spiro atoms. The normalized spacial score (nSPS) is 23.6. The van der Waals surface area contributed by atoms with Crippen molar-refractivity contribution in [3.05, 3.63) is 18.2 Å². The van der Waals surface area contributed by atoms with Gasteiger partial charge < -0.3 is 14.4 Å². The molecule has 2 heterocycles. The van der Waals surface area contributed by atoms with E-state index in [1.165, 1.54) is 11.8 Å². The first kappa shape index (κ1) is 22.9. The molecule has 0 radical (unpaired) electrons. The van der Waals surface area contributed by atoms with Crippen molar-refractivity contribution in [2.75, 3.05) is 29.6 Å². The van der Waals surface area contributed by atoms with Crippen molar-refractivity contribution in [1.29, 1.82) is 0 Å². The number of rotatable bonds is 9. The van der Waals surface area contributed by atoms with Crippen molar-refractivity contribution in [3.8, 4) is 11.5 Å². The Morgan fingerprint density at radius 2 is 1.80 bits per heavy atom. The topological polar surface area (TPSA) is 85.3 Å². The van der Waals surface area contributed by atoms with Crippen molar-refractivity contribution in [2.24, 2.45) is 4.99 Å². The van der Waals surface area contributed by atoms with Crippen LogP contribution in [0.2, 0.25) is 0 Å². The number of amides is 1. The summed E-state index contributed by atoms with van der Waals surface area (Å²) in [6, 6.07) is 5.36. The molecule has 2 saturated heterocycles. The third-order valence-corrected chi connectivity index (χ3v) is 8.09. The molecule has 2 aliphatic rings. The van der Waals surface area contributed by atoms with Gasteiger partial charge in [-0.05, 0) is 31.4 Å². The first-order chi connectivity index (χ1) is 14.4. The Morgan fingerprint density at radius 3 is 2.47 bits per heavy atom. The van der Waals surface area contributed by atoms with Gasteiger partial charge in [-0.1, -0.05) is 32.5 Å². The molecule has 7 nitrogen and oxygen atoms in total. The van der Waals surface area contributed by atoms with E-state index < -0.39 is 9.84 Å². The predicted molar refractivity (Wildman–Crippen MR) is 122 cm³/mol. The molecule has 0 N–H and O–H groups in total. The quantitative estimate of drug-likeness (QED) is 0.563. The van der Waals surface area contributed by atoms with Gasteiger partial charge in [0.25, 0.3) is 0 Å². The summed E-state index contributed by atoms with van der Waals surface area (Å²) in [6.07, 6.45) is 2.84. The minimum Gasteiger partial charge on any atom is -0.490 e. The van der Waals surface area contributed by atoms with Gasteiger partial charge in [0.1, 0.15) is 0 Å². The van der Waals surface area contributed by atoms with Crippen LogP contribution >= 0.6 is 11.8 Å². The Hall–Kier alpha value is -1.74. The van der Waals surface area contributed by atoms with Crippen LogP contribution in [0.3, 0.4) is 0 Å². The lowest BCUT2D eigenvalue weighted by atomic mass is 10.2. The van der Waals surface area contributed by atoms with E-state index in [1.807, 2.05) is 43.9 Å². The fourth-order valence-corrected chi connectivity index (χ4v) is 7.48. The first-order valence-electron chi connectivity index (χ1n) is 10.6. The second kappa shape index (κ2) is 10.0. The Kier molecular flexibility index (Phi) is 7.68. The van der Waals surface area contributed by atoms with Gasteiger partial charge in [-0.25, -0.2) is 8.42 Å². The average molecular weight is 455 g/mol. The van der Waals surface area contributed by atoms with E-state index in [-0.39, 0.29) is 28.7 Å². The zero-order valence-corrected chi connectivity index (χ0v) is 19.4. The van der Waals surface area contributed by atoms with Crippen molar-refractivity contribution in [3.63, 3.8) is 0 Å². The first-order valence-corrected chi connectivity index (χ1v) is 13.3. The third kappa shape index (κ3) is 5.29. The number of fused-ring (bicyclic) bond motifs is 1. The maximum atomic E-state index is 12.2. The summed E-state index contributed by atoms with van der Waals surface area (Å²) >= 11 is 1.39. The summed E-state index contributed by atoms with van der Waals surface area (Å²) < 4.78 is 36.2. The monoisotopic (exact) mass is 454 g/mol. The van der Waals surface area contributed by atoms with Crippen LogP contribution < -0.4 is 14.4 Å². The zero-order chi connectivity index (χ0) is 21.7. The van der Waals surface area contributed by atoms with Gasteiger partial charge in [-0.3, -0.25) is 4.79 Å². The van der Waals surface area contributed by atoms with Crippen LogP contribution in [0.15, 0.2) is 23.2 Å². The number of amidine groups is 1. The lowest BCUT2D eigenvalue weighted by Crippen LogP contribution is -2.37. The van der Waals surface area contributed by atoms with E-state index in [4.69, 9.17) is 9.47 Å². The smallest absolute Gasteiger partial charge is 0.248 e. The molecule has 1 aromatic rings. The molecular weight excluding hydrogens is 424 g/mol. The molecule has 0 aliphatic carbocycles. The summed E-state index contributed by atoms with van der Waals surface area (Å²) in [7, 11) is -3.11. The molecule has 0 unspecified atom stereocenters. The average Bonchev–Trinajstić information content (AvgIpc) is 3.15. The van der Waals surface area contributed by atoms with Crippen molar-refractivity contribution >= 4 is 38.4 Å². The van der Waals surface area contributed by atoms with Gasteiger partial charge in [0.2, 0.25) is 5.91 Å². The molecule has 1 aromatic carbocycles. The largest absolute Gasteiger partial charge is 0.490 e. The van der Waals surface area contributed by atoms with Crippen molar-refractivity contribution in [1.82, 2.24) is 0 Å². The maximum Gasteiger partial charge on any atom is 0.248 e. The summed E-state index contributed by atoms with van der Waals surface area (Å²) in [6.45, 7) is 7.15. The fraction of sp³-hybridized carbons (Fsp3) is 0.619. The lowest BCUT2D eigenvalue weighted by Gasteiger charge is -2.25. The molecule has 2 atom stereocenters. The lowest BCUT2D eigenvalue weighted by molar-refractivity contribution is -0.117. The van der Waals surface area contributed by atoms with Gasteiger partial charge in [0.05, 0.1) is 30.8 Å². The van der Waals surface area contributed by atoms with Crippen LogP contribution in [-0.2, 0) is 14.6 Å². The summed E-state index contributed by atoms with van der Waals surface area (Å²) in [5, 5.41) is 0.446. The molecule has 30 heavy (non-hydrogen) atoms. The molecule has 9 heteroatoms. The van der Waals surface area contributed by atoms with E-state index in [9.17, 15) is 13.2 Å². The van der Waals surface area contributed by atoms with Crippen LogP contribution in [0, 0.1) is 0 Å². The third-order valence-electron chi connectivity index (χ3n) is 4.88. The van der Waals surface area contributed by atoms with E-state index in [1.54, 1.807) is 0 Å². The number of carbonyl (C=O) groups is 1. The highest BCUT2D eigenvalue weighted by Crippen LogP contribution is 2.43. The summed E-state index contributed by atoms with van der Waals surface area (Å²) in [5.74, 6) is 1.27. The second-order valence-electron chi connectivity index (χ2n) is 7.54.